The van der Waals surface area contributed by atoms with Crippen LogP contribution in [-0.4, -0.2) is 76.8 Å². The van der Waals surface area contributed by atoms with Crippen LogP contribution in [0.2, 0.25) is 0 Å². The molecule has 1 aromatic heterocycles. The predicted molar refractivity (Wildman–Crippen MR) is 112 cm³/mol. The van der Waals surface area contributed by atoms with Gasteiger partial charge in [0.1, 0.15) is 6.04 Å². The van der Waals surface area contributed by atoms with Crippen LogP contribution in [0.4, 0.5) is 0 Å². The molecular formula is C22H29N5O3. The number of carbonyl (C=O) groups is 2. The van der Waals surface area contributed by atoms with Gasteiger partial charge in [0.05, 0.1) is 19.4 Å². The number of hydrogen-bond donors (Lipinski definition) is 1. The molecule has 2 fully saturated rings. The van der Waals surface area contributed by atoms with Gasteiger partial charge >= 0.3 is 0 Å². The second kappa shape index (κ2) is 9.40. The minimum atomic E-state index is -0.335. The van der Waals surface area contributed by atoms with Gasteiger partial charge in [0.15, 0.2) is 0 Å². The second-order valence-corrected chi connectivity index (χ2v) is 7.94. The fourth-order valence-corrected chi connectivity index (χ4v) is 4.20. The summed E-state index contributed by atoms with van der Waals surface area (Å²) < 4.78 is 7.21. The maximum absolute atomic E-state index is 13.5. The van der Waals surface area contributed by atoms with Crippen LogP contribution in [0.5, 0.6) is 0 Å². The van der Waals surface area contributed by atoms with Crippen molar-refractivity contribution in [2.24, 2.45) is 7.05 Å². The molecule has 4 rings (SSSR count). The molecule has 0 spiro atoms. The zero-order valence-electron chi connectivity index (χ0n) is 17.4. The Balaban J connectivity index is 1.38. The number of rotatable bonds is 5. The molecule has 2 amide bonds. The van der Waals surface area contributed by atoms with Crippen LogP contribution < -0.4 is 5.32 Å². The third kappa shape index (κ3) is 4.71. The predicted octanol–water partition coefficient (Wildman–Crippen LogP) is 1.21. The van der Waals surface area contributed by atoms with Crippen LogP contribution in [0.25, 0.3) is 0 Å². The highest BCUT2D eigenvalue weighted by molar-refractivity contribution is 5.94. The van der Waals surface area contributed by atoms with Gasteiger partial charge in [0, 0.05) is 56.6 Å². The molecule has 1 aromatic carbocycles. The van der Waals surface area contributed by atoms with Crippen molar-refractivity contribution in [2.75, 3.05) is 39.4 Å². The molecule has 1 atom stereocenters. The molecule has 0 radical (unpaired) electrons. The number of hydrogen-bond acceptors (Lipinski definition) is 5. The Hall–Kier alpha value is -2.71. The molecule has 2 aliphatic heterocycles. The molecule has 3 heterocycles. The Morgan fingerprint density at radius 2 is 1.80 bits per heavy atom. The summed E-state index contributed by atoms with van der Waals surface area (Å²) in [7, 11) is 1.87. The molecule has 0 bridgehead atoms. The maximum atomic E-state index is 13.5. The van der Waals surface area contributed by atoms with Crippen LogP contribution in [0.1, 0.15) is 34.8 Å². The summed E-state index contributed by atoms with van der Waals surface area (Å²) in [6.07, 6.45) is 5.22. The Kier molecular flexibility index (Phi) is 6.44. The molecule has 30 heavy (non-hydrogen) atoms. The van der Waals surface area contributed by atoms with Crippen LogP contribution in [0.3, 0.4) is 0 Å². The van der Waals surface area contributed by atoms with Crippen LogP contribution in [0, 0.1) is 0 Å². The number of benzene rings is 1. The van der Waals surface area contributed by atoms with E-state index >= 15 is 0 Å². The number of aromatic nitrogens is 2. The quantitative estimate of drug-likeness (QED) is 0.800. The van der Waals surface area contributed by atoms with Gasteiger partial charge in [-0.15, -0.1) is 0 Å². The van der Waals surface area contributed by atoms with Crippen molar-refractivity contribution in [3.05, 3.63) is 53.9 Å². The minimum absolute atomic E-state index is 0.0538. The zero-order chi connectivity index (χ0) is 20.9. The maximum Gasteiger partial charge on any atom is 0.251 e. The summed E-state index contributed by atoms with van der Waals surface area (Å²) in [6, 6.07) is 9.00. The van der Waals surface area contributed by atoms with E-state index in [2.05, 4.69) is 15.3 Å². The van der Waals surface area contributed by atoms with Crippen molar-refractivity contribution in [1.82, 2.24) is 24.9 Å². The number of likely N-dealkylation sites (tertiary alicyclic amines) is 1. The fraction of sp³-hybridized carbons (Fsp3) is 0.500. The first-order chi connectivity index (χ1) is 14.6. The summed E-state index contributed by atoms with van der Waals surface area (Å²) in [5.74, 6) is 0.0552. The van der Waals surface area contributed by atoms with Crippen molar-refractivity contribution >= 4 is 11.8 Å². The second-order valence-electron chi connectivity index (χ2n) is 7.94. The standard InChI is InChI=1S/C22H29N5O3/c1-25-16-18(15-23-25)20(26-11-13-30-14-12-26)22(29)27-9-7-19(8-10-27)24-21(28)17-5-3-2-4-6-17/h2-6,15-16,19-20H,7-14H2,1H3,(H,24,28). The summed E-state index contributed by atoms with van der Waals surface area (Å²) >= 11 is 0. The van der Waals surface area contributed by atoms with E-state index in [0.29, 0.717) is 31.9 Å². The molecule has 1 N–H and O–H groups in total. The Morgan fingerprint density at radius 3 is 2.43 bits per heavy atom. The molecule has 0 saturated carbocycles. The van der Waals surface area contributed by atoms with Crippen molar-refractivity contribution in [3.63, 3.8) is 0 Å². The number of nitrogens with one attached hydrogen (secondary N) is 1. The molecule has 160 valence electrons. The zero-order valence-corrected chi connectivity index (χ0v) is 17.4. The number of morpholine rings is 1. The van der Waals surface area contributed by atoms with Crippen molar-refractivity contribution in [3.8, 4) is 0 Å². The fourth-order valence-electron chi connectivity index (χ4n) is 4.20. The van der Waals surface area contributed by atoms with E-state index in [1.54, 1.807) is 10.9 Å². The van der Waals surface area contributed by atoms with Crippen molar-refractivity contribution < 1.29 is 14.3 Å². The van der Waals surface area contributed by atoms with Crippen molar-refractivity contribution in [1.29, 1.82) is 0 Å². The molecule has 2 saturated heterocycles. The lowest BCUT2D eigenvalue weighted by Gasteiger charge is -2.39. The van der Waals surface area contributed by atoms with E-state index in [-0.39, 0.29) is 23.9 Å². The lowest BCUT2D eigenvalue weighted by molar-refractivity contribution is -0.140. The Bertz CT molecular complexity index is 855. The van der Waals surface area contributed by atoms with Gasteiger partial charge in [-0.2, -0.15) is 5.10 Å². The third-order valence-corrected chi connectivity index (χ3v) is 5.86. The number of piperidine rings is 1. The lowest BCUT2D eigenvalue weighted by atomic mass is 10.0. The first-order valence-electron chi connectivity index (χ1n) is 10.6. The van der Waals surface area contributed by atoms with Crippen LogP contribution in [0.15, 0.2) is 42.7 Å². The average Bonchev–Trinajstić information content (AvgIpc) is 3.21. The van der Waals surface area contributed by atoms with Crippen LogP contribution >= 0.6 is 0 Å². The van der Waals surface area contributed by atoms with Gasteiger partial charge in [0.25, 0.3) is 5.91 Å². The van der Waals surface area contributed by atoms with E-state index in [4.69, 9.17) is 4.74 Å². The number of nitrogens with zero attached hydrogens (tertiary/aromatic N) is 4. The van der Waals surface area contributed by atoms with Gasteiger partial charge in [-0.05, 0) is 25.0 Å². The molecular weight excluding hydrogens is 382 g/mol. The molecule has 1 unspecified atom stereocenters. The molecule has 0 aliphatic carbocycles. The van der Waals surface area contributed by atoms with Crippen LogP contribution in [-0.2, 0) is 16.6 Å². The number of ether oxygens (including phenoxy) is 1. The third-order valence-electron chi connectivity index (χ3n) is 5.86. The first kappa shape index (κ1) is 20.6. The summed E-state index contributed by atoms with van der Waals surface area (Å²) in [6.45, 7) is 4.01. The molecule has 8 nitrogen and oxygen atoms in total. The van der Waals surface area contributed by atoms with Gasteiger partial charge in [-0.25, -0.2) is 0 Å². The average molecular weight is 412 g/mol. The molecule has 2 aromatic rings. The number of aryl methyl sites for hydroxylation is 1. The summed E-state index contributed by atoms with van der Waals surface area (Å²) in [5, 5.41) is 7.38. The largest absolute Gasteiger partial charge is 0.379 e. The topological polar surface area (TPSA) is 79.7 Å². The van der Waals surface area contributed by atoms with E-state index in [1.807, 2.05) is 48.5 Å². The number of carbonyl (C=O) groups excluding carboxylic acids is 2. The highest BCUT2D eigenvalue weighted by Crippen LogP contribution is 2.26. The van der Waals surface area contributed by atoms with Gasteiger partial charge in [-0.3, -0.25) is 19.2 Å². The lowest BCUT2D eigenvalue weighted by Crippen LogP contribution is -2.51. The van der Waals surface area contributed by atoms with E-state index in [9.17, 15) is 9.59 Å². The van der Waals surface area contributed by atoms with E-state index in [1.165, 1.54) is 0 Å². The van der Waals surface area contributed by atoms with Gasteiger partial charge < -0.3 is 15.0 Å². The van der Waals surface area contributed by atoms with Gasteiger partial charge in [-0.1, -0.05) is 18.2 Å². The SMILES string of the molecule is Cn1cc(C(C(=O)N2CCC(NC(=O)c3ccccc3)CC2)N2CCOCC2)cn1. The van der Waals surface area contributed by atoms with E-state index < -0.39 is 0 Å². The smallest absolute Gasteiger partial charge is 0.251 e. The highest BCUT2D eigenvalue weighted by Gasteiger charge is 2.35. The molecule has 2 aliphatic rings. The minimum Gasteiger partial charge on any atom is -0.379 e. The summed E-state index contributed by atoms with van der Waals surface area (Å²) in [5.41, 5.74) is 1.59. The Morgan fingerprint density at radius 1 is 1.10 bits per heavy atom. The monoisotopic (exact) mass is 411 g/mol. The van der Waals surface area contributed by atoms with E-state index in [0.717, 1.165) is 31.5 Å². The normalized spacial score (nSPS) is 19.4. The summed E-state index contributed by atoms with van der Waals surface area (Å²) in [4.78, 5) is 30.0. The Labute approximate surface area is 176 Å². The molecule has 8 heteroatoms. The van der Waals surface area contributed by atoms with Gasteiger partial charge in [0.2, 0.25) is 5.91 Å². The van der Waals surface area contributed by atoms with Crippen molar-refractivity contribution in [2.45, 2.75) is 24.9 Å². The highest BCUT2D eigenvalue weighted by atomic mass is 16.5. The first-order valence-corrected chi connectivity index (χ1v) is 10.6. The number of amides is 2.